The summed E-state index contributed by atoms with van der Waals surface area (Å²) in [6.45, 7) is 0. The quantitative estimate of drug-likeness (QED) is 0.688. The average Bonchev–Trinajstić information content (AvgIpc) is 2.35. The molecule has 1 aromatic rings. The monoisotopic (exact) mass is 315 g/mol. The van der Waals surface area contributed by atoms with Gasteiger partial charge in [-0.05, 0) is 23.8 Å². The molecule has 0 heterocycles. The third-order valence-electron chi connectivity index (χ3n) is 2.65. The molecule has 0 aliphatic rings. The third-order valence-corrected chi connectivity index (χ3v) is 2.65. The number of benzene rings is 1. The van der Waals surface area contributed by atoms with Crippen molar-refractivity contribution < 1.29 is 35.9 Å². The number of rotatable bonds is 3. The number of hydrogen-bond acceptors (Lipinski definition) is 3. The van der Waals surface area contributed by atoms with Crippen LogP contribution in [0, 0.1) is 0 Å². The second-order valence-electron chi connectivity index (χ2n) is 4.23. The fraction of sp³-hybridized carbons (Fsp3) is 0.417. The molecule has 0 aliphatic carbocycles. The van der Waals surface area contributed by atoms with E-state index in [1.54, 1.807) is 0 Å². The van der Waals surface area contributed by atoms with Crippen LogP contribution in [-0.2, 0) is 21.9 Å². The van der Waals surface area contributed by atoms with E-state index in [0.29, 0.717) is 12.1 Å². The van der Waals surface area contributed by atoms with Gasteiger partial charge in [-0.25, -0.2) is 0 Å². The summed E-state index contributed by atoms with van der Waals surface area (Å²) in [5.74, 6) is -0.839. The highest BCUT2D eigenvalue weighted by molar-refractivity contribution is 5.70. The van der Waals surface area contributed by atoms with Crippen LogP contribution in [0.25, 0.3) is 0 Å². The summed E-state index contributed by atoms with van der Waals surface area (Å²) < 4.78 is 80.0. The molecule has 1 aromatic carbocycles. The van der Waals surface area contributed by atoms with Crippen molar-refractivity contribution in [2.45, 2.75) is 24.8 Å². The Kier molecular flexibility index (Phi) is 4.87. The second-order valence-corrected chi connectivity index (χ2v) is 4.23. The molecule has 0 bridgehead atoms. The van der Waals surface area contributed by atoms with Crippen LogP contribution in [0.4, 0.5) is 26.3 Å². The molecule has 0 amide bonds. The molecule has 0 unspecified atom stereocenters. The lowest BCUT2D eigenvalue weighted by atomic mass is 9.98. The first-order valence-electron chi connectivity index (χ1n) is 5.57. The molecule has 1 atom stereocenters. The number of ether oxygens (including phenoxy) is 1. The van der Waals surface area contributed by atoms with Gasteiger partial charge >= 0.3 is 18.3 Å². The second kappa shape index (κ2) is 5.92. The van der Waals surface area contributed by atoms with E-state index < -0.39 is 47.5 Å². The fourth-order valence-electron chi connectivity index (χ4n) is 1.57. The molecule has 0 aromatic heterocycles. The molecule has 9 heteroatoms. The lowest BCUT2D eigenvalue weighted by Crippen LogP contribution is -2.19. The minimum Gasteiger partial charge on any atom is -0.469 e. The summed E-state index contributed by atoms with van der Waals surface area (Å²) in [5, 5.41) is 0. The lowest BCUT2D eigenvalue weighted by Gasteiger charge is -2.17. The first kappa shape index (κ1) is 17.3. The molecular weight excluding hydrogens is 304 g/mol. The van der Waals surface area contributed by atoms with E-state index in [4.69, 9.17) is 5.73 Å². The summed E-state index contributed by atoms with van der Waals surface area (Å²) in [6.07, 6.45) is -10.4. The van der Waals surface area contributed by atoms with Crippen LogP contribution in [-0.4, -0.2) is 13.1 Å². The highest BCUT2D eigenvalue weighted by atomic mass is 19.4. The third kappa shape index (κ3) is 4.62. The lowest BCUT2D eigenvalue weighted by molar-refractivity contribution is -0.143. The van der Waals surface area contributed by atoms with Crippen LogP contribution in [0.1, 0.15) is 29.2 Å². The molecule has 118 valence electrons. The minimum absolute atomic E-state index is 0.00559. The fourth-order valence-corrected chi connectivity index (χ4v) is 1.57. The zero-order valence-electron chi connectivity index (χ0n) is 10.7. The number of alkyl halides is 6. The van der Waals surface area contributed by atoms with E-state index in [9.17, 15) is 31.1 Å². The van der Waals surface area contributed by atoms with Gasteiger partial charge in [0.2, 0.25) is 0 Å². The predicted molar refractivity (Wildman–Crippen MR) is 60.0 cm³/mol. The SMILES string of the molecule is COC(=O)C[C@H](N)c1cc(C(F)(F)F)cc(C(F)(F)F)c1. The predicted octanol–water partition coefficient (Wildman–Crippen LogP) is 3.29. The van der Waals surface area contributed by atoms with Crippen LogP contribution in [0.5, 0.6) is 0 Å². The molecule has 3 nitrogen and oxygen atoms in total. The van der Waals surface area contributed by atoms with Gasteiger partial charge in [-0.3, -0.25) is 4.79 Å². The van der Waals surface area contributed by atoms with Gasteiger partial charge in [-0.15, -0.1) is 0 Å². The highest BCUT2D eigenvalue weighted by Gasteiger charge is 2.37. The molecule has 21 heavy (non-hydrogen) atoms. The van der Waals surface area contributed by atoms with Crippen LogP contribution < -0.4 is 5.73 Å². The van der Waals surface area contributed by atoms with Crippen LogP contribution in [0.3, 0.4) is 0 Å². The number of carbonyl (C=O) groups excluding carboxylic acids is 1. The van der Waals surface area contributed by atoms with Gasteiger partial charge in [-0.1, -0.05) is 0 Å². The Hall–Kier alpha value is -1.77. The van der Waals surface area contributed by atoms with Crippen molar-refractivity contribution in [1.29, 1.82) is 0 Å². The Morgan fingerprint density at radius 1 is 1.10 bits per heavy atom. The van der Waals surface area contributed by atoms with Crippen molar-refractivity contribution in [3.05, 3.63) is 34.9 Å². The highest BCUT2D eigenvalue weighted by Crippen LogP contribution is 2.37. The Balaban J connectivity index is 3.28. The maximum Gasteiger partial charge on any atom is 0.416 e. The number of esters is 1. The Morgan fingerprint density at radius 2 is 1.52 bits per heavy atom. The van der Waals surface area contributed by atoms with E-state index in [0.717, 1.165) is 7.11 Å². The van der Waals surface area contributed by atoms with Crippen LogP contribution in [0.15, 0.2) is 18.2 Å². The average molecular weight is 315 g/mol. The molecule has 0 saturated carbocycles. The topological polar surface area (TPSA) is 52.3 Å². The molecule has 0 radical (unpaired) electrons. The van der Waals surface area contributed by atoms with Gasteiger partial charge in [-0.2, -0.15) is 26.3 Å². The first-order valence-corrected chi connectivity index (χ1v) is 5.57. The smallest absolute Gasteiger partial charge is 0.416 e. The normalized spacial score (nSPS) is 13.9. The van der Waals surface area contributed by atoms with Gasteiger partial charge in [0.05, 0.1) is 24.7 Å². The van der Waals surface area contributed by atoms with E-state index in [-0.39, 0.29) is 6.07 Å². The number of halogens is 6. The Bertz CT molecular complexity index is 491. The number of hydrogen-bond donors (Lipinski definition) is 1. The molecule has 0 spiro atoms. The van der Waals surface area contributed by atoms with Crippen molar-refractivity contribution in [2.75, 3.05) is 7.11 Å². The zero-order chi connectivity index (χ0) is 16.4. The van der Waals surface area contributed by atoms with Crippen LogP contribution in [0.2, 0.25) is 0 Å². The molecule has 0 aliphatic heterocycles. The summed E-state index contributed by atoms with van der Waals surface area (Å²) >= 11 is 0. The van der Waals surface area contributed by atoms with E-state index >= 15 is 0 Å². The van der Waals surface area contributed by atoms with E-state index in [1.165, 1.54) is 0 Å². The number of carbonyl (C=O) groups is 1. The standard InChI is InChI=1S/C12H11F6NO2/c1-21-10(20)5-9(19)6-2-7(11(13,14)15)4-8(3-6)12(16,17)18/h2-4,9H,5,19H2,1H3/t9-/m0/s1. The maximum atomic E-state index is 12.6. The van der Waals surface area contributed by atoms with Crippen molar-refractivity contribution in [3.63, 3.8) is 0 Å². The van der Waals surface area contributed by atoms with Gasteiger partial charge in [0.1, 0.15) is 0 Å². The molecule has 0 fully saturated rings. The number of methoxy groups -OCH3 is 1. The Morgan fingerprint density at radius 3 is 1.86 bits per heavy atom. The van der Waals surface area contributed by atoms with Gasteiger partial charge in [0, 0.05) is 6.04 Å². The van der Waals surface area contributed by atoms with E-state index in [1.807, 2.05) is 0 Å². The molecule has 1 rings (SSSR count). The summed E-state index contributed by atoms with van der Waals surface area (Å²) in [6, 6.07) is -0.360. The van der Waals surface area contributed by atoms with Gasteiger partial charge in [0.15, 0.2) is 0 Å². The Labute approximate surface area is 115 Å². The number of nitrogens with two attached hydrogens (primary N) is 1. The zero-order valence-corrected chi connectivity index (χ0v) is 10.7. The van der Waals surface area contributed by atoms with Gasteiger partial charge in [0.25, 0.3) is 0 Å². The molecular formula is C12H11F6NO2. The van der Waals surface area contributed by atoms with Crippen molar-refractivity contribution in [3.8, 4) is 0 Å². The first-order chi connectivity index (χ1) is 9.45. The van der Waals surface area contributed by atoms with Crippen molar-refractivity contribution in [1.82, 2.24) is 0 Å². The van der Waals surface area contributed by atoms with Gasteiger partial charge < -0.3 is 10.5 Å². The molecule has 2 N–H and O–H groups in total. The largest absolute Gasteiger partial charge is 0.469 e. The maximum absolute atomic E-state index is 12.6. The molecule has 0 saturated heterocycles. The van der Waals surface area contributed by atoms with Crippen molar-refractivity contribution >= 4 is 5.97 Å². The summed E-state index contributed by atoms with van der Waals surface area (Å²) in [5.41, 5.74) is 2.06. The minimum atomic E-state index is -4.96. The summed E-state index contributed by atoms with van der Waals surface area (Å²) in [4.78, 5) is 11.0. The van der Waals surface area contributed by atoms with Crippen LogP contribution >= 0.6 is 0 Å². The van der Waals surface area contributed by atoms with E-state index in [2.05, 4.69) is 4.74 Å². The van der Waals surface area contributed by atoms with Crippen molar-refractivity contribution in [2.24, 2.45) is 5.73 Å². The summed E-state index contributed by atoms with van der Waals surface area (Å²) in [7, 11) is 1.03.